The molecule has 0 aliphatic heterocycles. The lowest BCUT2D eigenvalue weighted by atomic mass is 10.2. The highest BCUT2D eigenvalue weighted by atomic mass is 16.1. The standard InChI is InChI=1S/C13H11NO2/c1-10-7-11(9-15)13(16)14(8-10)12-5-3-2-4-6-12/h2-9H,1H3. The Hall–Kier alpha value is -2.16. The van der Waals surface area contributed by atoms with E-state index in [1.54, 1.807) is 12.3 Å². The summed E-state index contributed by atoms with van der Waals surface area (Å²) in [5.41, 5.74) is 1.54. The Bertz CT molecular complexity index is 570. The van der Waals surface area contributed by atoms with Gasteiger partial charge in [0, 0.05) is 11.9 Å². The maximum absolute atomic E-state index is 11.9. The monoisotopic (exact) mass is 213 g/mol. The van der Waals surface area contributed by atoms with E-state index in [9.17, 15) is 9.59 Å². The second kappa shape index (κ2) is 4.14. The molecule has 1 heterocycles. The molecule has 0 radical (unpaired) electrons. The van der Waals surface area contributed by atoms with Gasteiger partial charge in [-0.05, 0) is 30.7 Å². The fourth-order valence-electron chi connectivity index (χ4n) is 1.61. The molecule has 0 saturated heterocycles. The zero-order valence-corrected chi connectivity index (χ0v) is 8.88. The molecule has 0 spiro atoms. The fraction of sp³-hybridized carbons (Fsp3) is 0.0769. The number of carbonyl (C=O) groups excluding carboxylic acids is 1. The van der Waals surface area contributed by atoms with Crippen molar-refractivity contribution in [2.75, 3.05) is 0 Å². The largest absolute Gasteiger partial charge is 0.298 e. The first-order valence-electron chi connectivity index (χ1n) is 4.96. The first kappa shape index (κ1) is 10.4. The van der Waals surface area contributed by atoms with Crippen molar-refractivity contribution in [3.63, 3.8) is 0 Å². The van der Waals surface area contributed by atoms with E-state index in [1.165, 1.54) is 4.57 Å². The van der Waals surface area contributed by atoms with Crippen LogP contribution in [0.2, 0.25) is 0 Å². The van der Waals surface area contributed by atoms with Crippen LogP contribution in [0.4, 0.5) is 0 Å². The van der Waals surface area contributed by atoms with Crippen LogP contribution in [0, 0.1) is 6.92 Å². The number of hydrogen-bond acceptors (Lipinski definition) is 2. The van der Waals surface area contributed by atoms with Crippen LogP contribution in [0.25, 0.3) is 5.69 Å². The fourth-order valence-corrected chi connectivity index (χ4v) is 1.61. The molecule has 0 unspecified atom stereocenters. The van der Waals surface area contributed by atoms with Gasteiger partial charge in [0.1, 0.15) is 0 Å². The van der Waals surface area contributed by atoms with Gasteiger partial charge in [-0.2, -0.15) is 0 Å². The Morgan fingerprint density at radius 1 is 1.19 bits per heavy atom. The normalized spacial score (nSPS) is 10.1. The summed E-state index contributed by atoms with van der Waals surface area (Å²) in [5, 5.41) is 0. The van der Waals surface area contributed by atoms with Crippen LogP contribution in [-0.2, 0) is 0 Å². The number of aromatic nitrogens is 1. The molecule has 3 heteroatoms. The first-order valence-corrected chi connectivity index (χ1v) is 4.96. The number of pyridine rings is 1. The van der Waals surface area contributed by atoms with Crippen molar-refractivity contribution < 1.29 is 4.79 Å². The van der Waals surface area contributed by atoms with Gasteiger partial charge >= 0.3 is 0 Å². The summed E-state index contributed by atoms with van der Waals surface area (Å²) in [7, 11) is 0. The third-order valence-corrected chi connectivity index (χ3v) is 2.34. The number of rotatable bonds is 2. The van der Waals surface area contributed by atoms with E-state index < -0.39 is 0 Å². The summed E-state index contributed by atoms with van der Waals surface area (Å²) in [4.78, 5) is 22.6. The summed E-state index contributed by atoms with van der Waals surface area (Å²) in [5.74, 6) is 0. The van der Waals surface area contributed by atoms with Gasteiger partial charge in [-0.3, -0.25) is 14.2 Å². The zero-order valence-electron chi connectivity index (χ0n) is 8.88. The Kier molecular flexibility index (Phi) is 2.68. The molecule has 2 rings (SSSR count). The predicted molar refractivity (Wildman–Crippen MR) is 62.2 cm³/mol. The minimum atomic E-state index is -0.285. The quantitative estimate of drug-likeness (QED) is 0.715. The molecule has 1 aromatic heterocycles. The van der Waals surface area contributed by atoms with Gasteiger partial charge in [-0.1, -0.05) is 18.2 Å². The van der Waals surface area contributed by atoms with Gasteiger partial charge in [0.2, 0.25) is 0 Å². The van der Waals surface area contributed by atoms with E-state index in [4.69, 9.17) is 0 Å². The highest BCUT2D eigenvalue weighted by Gasteiger charge is 2.05. The third-order valence-electron chi connectivity index (χ3n) is 2.34. The summed E-state index contributed by atoms with van der Waals surface area (Å²) >= 11 is 0. The lowest BCUT2D eigenvalue weighted by molar-refractivity contribution is 0.112. The molecule has 0 atom stereocenters. The van der Waals surface area contributed by atoms with E-state index >= 15 is 0 Å². The van der Waals surface area contributed by atoms with Crippen molar-refractivity contribution >= 4 is 6.29 Å². The molecule has 0 N–H and O–H groups in total. The highest BCUT2D eigenvalue weighted by Crippen LogP contribution is 2.06. The van der Waals surface area contributed by atoms with Crippen molar-refractivity contribution in [2.24, 2.45) is 0 Å². The molecule has 0 bridgehead atoms. The van der Waals surface area contributed by atoms with Gasteiger partial charge in [0.25, 0.3) is 5.56 Å². The molecular formula is C13H11NO2. The molecular weight excluding hydrogens is 202 g/mol. The average Bonchev–Trinajstić information content (AvgIpc) is 2.33. The molecule has 0 fully saturated rings. The topological polar surface area (TPSA) is 39.1 Å². The van der Waals surface area contributed by atoms with Gasteiger partial charge in [0.05, 0.1) is 5.56 Å². The van der Waals surface area contributed by atoms with E-state index in [0.29, 0.717) is 6.29 Å². The Morgan fingerprint density at radius 2 is 1.88 bits per heavy atom. The molecule has 80 valence electrons. The lowest BCUT2D eigenvalue weighted by Gasteiger charge is -2.07. The molecule has 16 heavy (non-hydrogen) atoms. The second-order valence-corrected chi connectivity index (χ2v) is 3.60. The van der Waals surface area contributed by atoms with Gasteiger partial charge in [-0.25, -0.2) is 0 Å². The molecule has 2 aromatic rings. The number of nitrogens with zero attached hydrogens (tertiary/aromatic N) is 1. The van der Waals surface area contributed by atoms with Gasteiger partial charge in [-0.15, -0.1) is 0 Å². The third kappa shape index (κ3) is 1.80. The maximum Gasteiger partial charge on any atom is 0.265 e. The summed E-state index contributed by atoms with van der Waals surface area (Å²) in [6, 6.07) is 10.8. The van der Waals surface area contributed by atoms with Crippen LogP contribution < -0.4 is 5.56 Å². The van der Waals surface area contributed by atoms with Crippen molar-refractivity contribution in [2.45, 2.75) is 6.92 Å². The number of benzene rings is 1. The van der Waals surface area contributed by atoms with Crippen LogP contribution in [0.1, 0.15) is 15.9 Å². The van der Waals surface area contributed by atoms with Crippen molar-refractivity contribution in [3.05, 3.63) is 64.1 Å². The van der Waals surface area contributed by atoms with Crippen LogP contribution in [0.15, 0.2) is 47.4 Å². The van der Waals surface area contributed by atoms with Gasteiger partial charge in [0.15, 0.2) is 6.29 Å². The number of carbonyl (C=O) groups is 1. The molecule has 0 aliphatic rings. The Morgan fingerprint density at radius 3 is 2.50 bits per heavy atom. The second-order valence-electron chi connectivity index (χ2n) is 3.60. The smallest absolute Gasteiger partial charge is 0.265 e. The zero-order chi connectivity index (χ0) is 11.5. The molecule has 0 aliphatic carbocycles. The summed E-state index contributed by atoms with van der Waals surface area (Å²) in [6.45, 7) is 1.85. The molecule has 1 aromatic carbocycles. The van der Waals surface area contributed by atoms with Crippen LogP contribution in [0.3, 0.4) is 0 Å². The van der Waals surface area contributed by atoms with Crippen molar-refractivity contribution in [3.8, 4) is 5.69 Å². The first-order chi connectivity index (χ1) is 7.72. The summed E-state index contributed by atoms with van der Waals surface area (Å²) in [6.07, 6.45) is 2.32. The van der Waals surface area contributed by atoms with Gasteiger partial charge < -0.3 is 0 Å². The van der Waals surface area contributed by atoms with Crippen LogP contribution >= 0.6 is 0 Å². The van der Waals surface area contributed by atoms with Crippen molar-refractivity contribution in [1.29, 1.82) is 0 Å². The summed E-state index contributed by atoms with van der Waals surface area (Å²) < 4.78 is 1.49. The van der Waals surface area contributed by atoms with Crippen molar-refractivity contribution in [1.82, 2.24) is 4.57 Å². The van der Waals surface area contributed by atoms with E-state index in [-0.39, 0.29) is 11.1 Å². The van der Waals surface area contributed by atoms with Crippen LogP contribution in [-0.4, -0.2) is 10.9 Å². The van der Waals surface area contributed by atoms with E-state index in [0.717, 1.165) is 11.3 Å². The molecule has 3 nitrogen and oxygen atoms in total. The Balaban J connectivity index is 2.71. The lowest BCUT2D eigenvalue weighted by Crippen LogP contribution is -2.21. The van der Waals surface area contributed by atoms with Crippen LogP contribution in [0.5, 0.6) is 0 Å². The highest BCUT2D eigenvalue weighted by molar-refractivity contribution is 5.74. The minimum absolute atomic E-state index is 0.184. The molecule has 0 saturated carbocycles. The molecule has 0 amide bonds. The Labute approximate surface area is 93.0 Å². The number of hydrogen-bond donors (Lipinski definition) is 0. The maximum atomic E-state index is 11.9. The minimum Gasteiger partial charge on any atom is -0.298 e. The van der Waals surface area contributed by atoms with E-state index in [2.05, 4.69) is 0 Å². The average molecular weight is 213 g/mol. The predicted octanol–water partition coefficient (Wildman–Crippen LogP) is 1.96. The number of para-hydroxylation sites is 1. The SMILES string of the molecule is Cc1cc(C=O)c(=O)n(-c2ccccc2)c1. The number of aldehydes is 1. The van der Waals surface area contributed by atoms with E-state index in [1.807, 2.05) is 37.3 Å². The number of aryl methyl sites for hydroxylation is 1.